The smallest absolute Gasteiger partial charge is 0.279 e. The minimum absolute atomic E-state index is 0.214. The maximum absolute atomic E-state index is 12.6. The van der Waals surface area contributed by atoms with Crippen LogP contribution in [0.15, 0.2) is 47.5 Å². The van der Waals surface area contributed by atoms with Crippen molar-refractivity contribution in [3.63, 3.8) is 0 Å². The van der Waals surface area contributed by atoms with Gasteiger partial charge >= 0.3 is 0 Å². The molecule has 2 aromatic carbocycles. The third kappa shape index (κ3) is 3.66. The molecule has 0 N–H and O–H groups in total. The fourth-order valence-corrected chi connectivity index (χ4v) is 3.81. The highest BCUT2D eigenvalue weighted by Gasteiger charge is 2.12. The van der Waals surface area contributed by atoms with Crippen LogP contribution in [0.1, 0.15) is 36.2 Å². The Labute approximate surface area is 151 Å². The van der Waals surface area contributed by atoms with Crippen LogP contribution < -0.4 is 9.54 Å². The quantitative estimate of drug-likeness (QED) is 0.674. The lowest BCUT2D eigenvalue weighted by atomic mass is 10.1. The normalized spacial score (nSPS) is 11.9. The number of hydrogen-bond acceptors (Lipinski definition) is 3. The zero-order valence-electron chi connectivity index (χ0n) is 14.8. The molecule has 0 radical (unpaired) electrons. The van der Waals surface area contributed by atoms with E-state index in [0.717, 1.165) is 39.3 Å². The highest BCUT2D eigenvalue weighted by atomic mass is 32.1. The molecule has 1 heterocycles. The SMILES string of the molecule is CCCn1c(=NC(=O)c2ccc(C)cc2)sc2cccc(OCC)c21. The van der Waals surface area contributed by atoms with Crippen LogP contribution in [-0.4, -0.2) is 17.1 Å². The van der Waals surface area contributed by atoms with Gasteiger partial charge in [-0.1, -0.05) is 42.0 Å². The van der Waals surface area contributed by atoms with Crippen molar-refractivity contribution in [2.45, 2.75) is 33.7 Å². The van der Waals surface area contributed by atoms with Crippen LogP contribution in [0.4, 0.5) is 0 Å². The summed E-state index contributed by atoms with van der Waals surface area (Å²) in [5.41, 5.74) is 2.75. The highest BCUT2D eigenvalue weighted by molar-refractivity contribution is 7.16. The summed E-state index contributed by atoms with van der Waals surface area (Å²) in [5.74, 6) is 0.628. The number of ether oxygens (including phenoxy) is 1. The Hall–Kier alpha value is -2.40. The number of benzene rings is 2. The van der Waals surface area contributed by atoms with Crippen molar-refractivity contribution in [2.75, 3.05) is 6.61 Å². The molecule has 0 saturated heterocycles. The second-order valence-corrected chi connectivity index (χ2v) is 6.86. The zero-order chi connectivity index (χ0) is 17.8. The topological polar surface area (TPSA) is 43.6 Å². The number of thiazole rings is 1. The predicted octanol–water partition coefficient (Wildman–Crippen LogP) is 4.56. The van der Waals surface area contributed by atoms with E-state index in [1.165, 1.54) is 11.3 Å². The molecule has 3 rings (SSSR count). The van der Waals surface area contributed by atoms with Gasteiger partial charge in [0.05, 0.1) is 11.3 Å². The van der Waals surface area contributed by atoms with Crippen molar-refractivity contribution in [3.05, 3.63) is 58.4 Å². The van der Waals surface area contributed by atoms with Gasteiger partial charge in [-0.15, -0.1) is 0 Å². The number of carbonyl (C=O) groups excluding carboxylic acids is 1. The molecule has 0 aliphatic rings. The van der Waals surface area contributed by atoms with Gasteiger partial charge in [-0.3, -0.25) is 4.79 Å². The van der Waals surface area contributed by atoms with Gasteiger partial charge in [0.2, 0.25) is 0 Å². The zero-order valence-corrected chi connectivity index (χ0v) is 15.6. The molecule has 4 nitrogen and oxygen atoms in total. The van der Waals surface area contributed by atoms with Gasteiger partial charge in [-0.05, 0) is 44.5 Å². The van der Waals surface area contributed by atoms with Crippen molar-refractivity contribution in [2.24, 2.45) is 4.99 Å². The van der Waals surface area contributed by atoms with Gasteiger partial charge < -0.3 is 9.30 Å². The molecule has 25 heavy (non-hydrogen) atoms. The molecule has 0 fully saturated rings. The molecule has 0 spiro atoms. The van der Waals surface area contributed by atoms with Crippen LogP contribution in [0.25, 0.3) is 10.2 Å². The van der Waals surface area contributed by atoms with Gasteiger partial charge in [-0.25, -0.2) is 0 Å². The molecule has 0 bridgehead atoms. The van der Waals surface area contributed by atoms with E-state index in [9.17, 15) is 4.79 Å². The first-order valence-electron chi connectivity index (χ1n) is 8.55. The molecule has 0 atom stereocenters. The molecule has 1 amide bonds. The number of aromatic nitrogens is 1. The molecular weight excluding hydrogens is 332 g/mol. The summed E-state index contributed by atoms with van der Waals surface area (Å²) in [7, 11) is 0. The number of nitrogens with zero attached hydrogens (tertiary/aromatic N) is 2. The lowest BCUT2D eigenvalue weighted by Gasteiger charge is -2.08. The lowest BCUT2D eigenvalue weighted by molar-refractivity contribution is 0.0998. The molecule has 3 aromatic rings. The Morgan fingerprint density at radius 3 is 2.60 bits per heavy atom. The minimum atomic E-state index is -0.214. The molecule has 130 valence electrons. The van der Waals surface area contributed by atoms with E-state index in [4.69, 9.17) is 4.74 Å². The van der Waals surface area contributed by atoms with Crippen LogP contribution in [-0.2, 0) is 6.54 Å². The van der Waals surface area contributed by atoms with Crippen LogP contribution in [0.5, 0.6) is 5.75 Å². The first-order valence-corrected chi connectivity index (χ1v) is 9.36. The molecule has 0 aliphatic carbocycles. The van der Waals surface area contributed by atoms with E-state index in [-0.39, 0.29) is 5.91 Å². The highest BCUT2D eigenvalue weighted by Crippen LogP contribution is 2.27. The standard InChI is InChI=1S/C20H22N2O2S/c1-4-13-22-18-16(24-5-2)7-6-8-17(18)25-20(22)21-19(23)15-11-9-14(3)10-12-15/h6-12H,4-5,13H2,1-3H3. The van der Waals surface area contributed by atoms with E-state index in [2.05, 4.69) is 16.5 Å². The van der Waals surface area contributed by atoms with E-state index in [1.807, 2.05) is 56.3 Å². The first kappa shape index (κ1) is 17.4. The number of hydrogen-bond donors (Lipinski definition) is 0. The summed E-state index contributed by atoms with van der Waals surface area (Å²) in [6, 6.07) is 13.5. The summed E-state index contributed by atoms with van der Waals surface area (Å²) in [5, 5.41) is 0. The molecule has 1 aromatic heterocycles. The Bertz CT molecular complexity index is 952. The Morgan fingerprint density at radius 2 is 1.92 bits per heavy atom. The summed E-state index contributed by atoms with van der Waals surface area (Å²) < 4.78 is 8.95. The third-order valence-corrected chi connectivity index (χ3v) is 4.95. The molecular formula is C20H22N2O2S. The largest absolute Gasteiger partial charge is 0.492 e. The van der Waals surface area contributed by atoms with E-state index >= 15 is 0 Å². The van der Waals surface area contributed by atoms with Gasteiger partial charge in [0.1, 0.15) is 11.3 Å². The minimum Gasteiger partial charge on any atom is -0.492 e. The summed E-state index contributed by atoms with van der Waals surface area (Å²) in [6.07, 6.45) is 0.957. The Kier molecular flexibility index (Phi) is 5.34. The van der Waals surface area contributed by atoms with Crippen LogP contribution in [0.3, 0.4) is 0 Å². The maximum Gasteiger partial charge on any atom is 0.279 e. The van der Waals surface area contributed by atoms with E-state index in [1.54, 1.807) is 0 Å². The van der Waals surface area contributed by atoms with Crippen molar-refractivity contribution in [1.29, 1.82) is 0 Å². The predicted molar refractivity (Wildman–Crippen MR) is 102 cm³/mol. The average molecular weight is 354 g/mol. The van der Waals surface area contributed by atoms with Gasteiger partial charge in [-0.2, -0.15) is 4.99 Å². The second-order valence-electron chi connectivity index (χ2n) is 5.86. The number of carbonyl (C=O) groups is 1. The molecule has 0 aliphatic heterocycles. The first-order chi connectivity index (χ1) is 12.1. The van der Waals surface area contributed by atoms with E-state index < -0.39 is 0 Å². The van der Waals surface area contributed by atoms with Crippen molar-refractivity contribution in [3.8, 4) is 5.75 Å². The maximum atomic E-state index is 12.6. The van der Waals surface area contributed by atoms with Crippen molar-refractivity contribution in [1.82, 2.24) is 4.57 Å². The summed E-state index contributed by atoms with van der Waals surface area (Å²) in [6.45, 7) is 7.49. The van der Waals surface area contributed by atoms with Crippen molar-refractivity contribution >= 4 is 27.5 Å². The number of para-hydroxylation sites is 1. The van der Waals surface area contributed by atoms with Crippen LogP contribution >= 0.6 is 11.3 Å². The average Bonchev–Trinajstić information content (AvgIpc) is 2.94. The van der Waals surface area contributed by atoms with E-state index in [0.29, 0.717) is 12.2 Å². The summed E-state index contributed by atoms with van der Waals surface area (Å²) >= 11 is 1.53. The van der Waals surface area contributed by atoms with Gasteiger partial charge in [0.15, 0.2) is 4.80 Å². The fraction of sp³-hybridized carbons (Fsp3) is 0.300. The number of aryl methyl sites for hydroxylation is 2. The molecule has 0 unspecified atom stereocenters. The monoisotopic (exact) mass is 354 g/mol. The number of amides is 1. The Balaban J connectivity index is 2.14. The molecule has 0 saturated carbocycles. The van der Waals surface area contributed by atoms with Crippen LogP contribution in [0, 0.1) is 6.92 Å². The third-order valence-electron chi connectivity index (χ3n) is 3.91. The van der Waals surface area contributed by atoms with Crippen molar-refractivity contribution < 1.29 is 9.53 Å². The van der Waals surface area contributed by atoms with Gasteiger partial charge in [0.25, 0.3) is 5.91 Å². The second kappa shape index (κ2) is 7.66. The molecule has 5 heteroatoms. The number of fused-ring (bicyclic) bond motifs is 1. The lowest BCUT2D eigenvalue weighted by Crippen LogP contribution is -2.17. The fourth-order valence-electron chi connectivity index (χ4n) is 2.73. The summed E-state index contributed by atoms with van der Waals surface area (Å²) in [4.78, 5) is 17.7. The van der Waals surface area contributed by atoms with Gasteiger partial charge in [0, 0.05) is 12.1 Å². The number of rotatable bonds is 5. The van der Waals surface area contributed by atoms with Crippen LogP contribution in [0.2, 0.25) is 0 Å². The Morgan fingerprint density at radius 1 is 1.16 bits per heavy atom.